The molecule has 1 N–H and O–H groups in total. The average molecular weight is 480 g/mol. The van der Waals surface area contributed by atoms with E-state index in [1.54, 1.807) is 21.9 Å². The van der Waals surface area contributed by atoms with E-state index in [0.717, 1.165) is 11.6 Å². The van der Waals surface area contributed by atoms with Crippen LogP contribution in [0.2, 0.25) is 5.15 Å². The fraction of sp³-hybridized carbons (Fsp3) is 0.286. The fourth-order valence-corrected chi connectivity index (χ4v) is 3.88. The Bertz CT molecular complexity index is 1100. The molecular weight excluding hydrogens is 460 g/mol. The van der Waals surface area contributed by atoms with Gasteiger partial charge in [0.1, 0.15) is 10.8 Å². The average Bonchev–Trinajstić information content (AvgIpc) is 2.77. The first-order valence-corrected chi connectivity index (χ1v) is 10.4. The molecule has 2 aromatic rings. The number of pyridine rings is 2. The van der Waals surface area contributed by atoms with Gasteiger partial charge in [0.05, 0.1) is 11.7 Å². The lowest BCUT2D eigenvalue weighted by Crippen LogP contribution is -2.51. The first-order valence-electron chi connectivity index (χ1n) is 9.64. The van der Waals surface area contributed by atoms with Gasteiger partial charge in [0, 0.05) is 56.8 Å². The number of carbonyl (C=O) groups excluding carboxylic acids is 3. The zero-order chi connectivity index (χ0) is 23.4. The highest BCUT2D eigenvalue weighted by atomic mass is 35.5. The molecule has 0 aliphatic carbocycles. The van der Waals surface area contributed by atoms with Crippen molar-refractivity contribution in [2.24, 2.45) is 0 Å². The summed E-state index contributed by atoms with van der Waals surface area (Å²) in [6.07, 6.45) is 1.24. The molecule has 0 unspecified atom stereocenters. The van der Waals surface area contributed by atoms with E-state index in [1.165, 1.54) is 26.1 Å². The van der Waals surface area contributed by atoms with Gasteiger partial charge in [-0.25, -0.2) is 9.97 Å². The summed E-state index contributed by atoms with van der Waals surface area (Å²) in [4.78, 5) is 47.5. The van der Waals surface area contributed by atoms with Crippen LogP contribution in [0, 0.1) is 5.95 Å². The van der Waals surface area contributed by atoms with Gasteiger partial charge in [0.15, 0.2) is 0 Å². The van der Waals surface area contributed by atoms with Crippen LogP contribution in [-0.4, -0.2) is 64.2 Å². The quantitative estimate of drug-likeness (QED) is 0.537. The number of nitrogens with zero attached hydrogens (tertiary/aromatic N) is 4. The van der Waals surface area contributed by atoms with E-state index in [0.29, 0.717) is 29.9 Å². The van der Waals surface area contributed by atoms with Gasteiger partial charge in [0.25, 0.3) is 5.91 Å². The van der Waals surface area contributed by atoms with Gasteiger partial charge in [-0.05, 0) is 23.8 Å². The van der Waals surface area contributed by atoms with E-state index >= 15 is 0 Å². The normalized spacial score (nSPS) is 16.3. The number of amides is 3. The molecule has 1 fully saturated rings. The predicted octanol–water partition coefficient (Wildman–Crippen LogP) is 2.78. The topological polar surface area (TPSA) is 95.5 Å². The van der Waals surface area contributed by atoms with Gasteiger partial charge >= 0.3 is 0 Å². The van der Waals surface area contributed by atoms with Crippen LogP contribution in [0.1, 0.15) is 29.0 Å². The summed E-state index contributed by atoms with van der Waals surface area (Å²) in [6.45, 7) is 2.34. The lowest BCUT2D eigenvalue weighted by molar-refractivity contribution is -0.139. The minimum atomic E-state index is -0.850. The fourth-order valence-electron chi connectivity index (χ4n) is 3.55. The number of aromatic nitrogens is 2. The second kappa shape index (κ2) is 10.1. The molecule has 168 valence electrons. The third kappa shape index (κ3) is 5.23. The minimum Gasteiger partial charge on any atom is -0.354 e. The number of rotatable bonds is 4. The molecule has 1 atom stereocenters. The molecule has 32 heavy (non-hydrogen) atoms. The summed E-state index contributed by atoms with van der Waals surface area (Å²) in [6, 6.07) is 5.28. The SMILES string of the molecule is CNC(=O)c1cc(-c2cc([C@@H]3CN(C(=O)/C=C\Cl)CCN3C(C)=O)cc(Cl)n2)cc(F)n1. The van der Waals surface area contributed by atoms with Crippen LogP contribution < -0.4 is 5.32 Å². The van der Waals surface area contributed by atoms with E-state index in [2.05, 4.69) is 15.3 Å². The molecule has 11 heteroatoms. The van der Waals surface area contributed by atoms with E-state index < -0.39 is 17.9 Å². The monoisotopic (exact) mass is 479 g/mol. The van der Waals surface area contributed by atoms with E-state index in [9.17, 15) is 18.8 Å². The van der Waals surface area contributed by atoms with Crippen LogP contribution in [0.3, 0.4) is 0 Å². The maximum atomic E-state index is 14.1. The molecule has 0 saturated carbocycles. The highest BCUT2D eigenvalue weighted by molar-refractivity contribution is 6.29. The van der Waals surface area contributed by atoms with E-state index in [-0.39, 0.29) is 29.2 Å². The summed E-state index contributed by atoms with van der Waals surface area (Å²) < 4.78 is 14.1. The van der Waals surface area contributed by atoms with Crippen LogP contribution in [0.25, 0.3) is 11.3 Å². The zero-order valence-electron chi connectivity index (χ0n) is 17.3. The van der Waals surface area contributed by atoms with Crippen molar-refractivity contribution in [3.8, 4) is 11.3 Å². The van der Waals surface area contributed by atoms with Crippen molar-refractivity contribution < 1.29 is 18.8 Å². The minimum absolute atomic E-state index is 0.113. The molecule has 1 aliphatic heterocycles. The van der Waals surface area contributed by atoms with Gasteiger partial charge in [-0.1, -0.05) is 23.2 Å². The van der Waals surface area contributed by atoms with Crippen molar-refractivity contribution in [2.75, 3.05) is 26.7 Å². The number of piperazine rings is 1. The highest BCUT2D eigenvalue weighted by Crippen LogP contribution is 2.31. The Morgan fingerprint density at radius 3 is 2.59 bits per heavy atom. The third-order valence-corrected chi connectivity index (χ3v) is 5.37. The molecule has 0 bridgehead atoms. The van der Waals surface area contributed by atoms with Gasteiger partial charge in [-0.15, -0.1) is 0 Å². The number of carbonyl (C=O) groups is 3. The molecule has 2 aromatic heterocycles. The van der Waals surface area contributed by atoms with Crippen molar-refractivity contribution in [3.05, 3.63) is 58.2 Å². The van der Waals surface area contributed by atoms with Gasteiger partial charge in [-0.2, -0.15) is 4.39 Å². The Balaban J connectivity index is 2.04. The summed E-state index contributed by atoms with van der Waals surface area (Å²) in [5.74, 6) is -1.84. The Kier molecular flexibility index (Phi) is 7.42. The first kappa shape index (κ1) is 23.6. The standard InChI is InChI=1S/C21H20Cl2FN5O3/c1-12(30)29-6-5-28(20(31)3-4-22)11-17(29)14-8-15(26-18(23)9-14)13-7-16(21(32)25-2)27-19(24)10-13/h3-4,7-10,17H,5-6,11H2,1-2H3,(H,25,32)/b4-3-/t17-/m0/s1. The van der Waals surface area contributed by atoms with E-state index in [1.807, 2.05) is 0 Å². The first-order chi connectivity index (χ1) is 15.2. The highest BCUT2D eigenvalue weighted by Gasteiger charge is 2.32. The Labute approximate surface area is 194 Å². The number of hydrogen-bond donors (Lipinski definition) is 1. The van der Waals surface area contributed by atoms with Crippen LogP contribution in [0.15, 0.2) is 35.9 Å². The summed E-state index contributed by atoms with van der Waals surface area (Å²) in [7, 11) is 1.41. The van der Waals surface area contributed by atoms with Crippen molar-refractivity contribution in [2.45, 2.75) is 13.0 Å². The smallest absolute Gasteiger partial charge is 0.269 e. The number of nitrogens with one attached hydrogen (secondary N) is 1. The molecule has 3 heterocycles. The Hall–Kier alpha value is -3.04. The largest absolute Gasteiger partial charge is 0.354 e. The second-order valence-corrected chi connectivity index (χ2v) is 7.70. The molecule has 0 aromatic carbocycles. The Morgan fingerprint density at radius 1 is 1.19 bits per heavy atom. The maximum Gasteiger partial charge on any atom is 0.269 e. The zero-order valence-corrected chi connectivity index (χ0v) is 18.8. The van der Waals surface area contributed by atoms with Gasteiger partial charge < -0.3 is 15.1 Å². The lowest BCUT2D eigenvalue weighted by Gasteiger charge is -2.41. The van der Waals surface area contributed by atoms with Crippen LogP contribution in [-0.2, 0) is 9.59 Å². The molecule has 1 aliphatic rings. The maximum absolute atomic E-state index is 14.1. The molecule has 0 spiro atoms. The van der Waals surface area contributed by atoms with E-state index in [4.69, 9.17) is 23.2 Å². The molecule has 0 radical (unpaired) electrons. The summed E-state index contributed by atoms with van der Waals surface area (Å²) in [5, 5.41) is 2.51. The van der Waals surface area contributed by atoms with Crippen molar-refractivity contribution in [1.82, 2.24) is 25.1 Å². The lowest BCUT2D eigenvalue weighted by atomic mass is 10.00. The number of halogens is 3. The van der Waals surface area contributed by atoms with Crippen molar-refractivity contribution >= 4 is 40.9 Å². The van der Waals surface area contributed by atoms with Crippen LogP contribution >= 0.6 is 23.2 Å². The second-order valence-electron chi connectivity index (χ2n) is 7.06. The third-order valence-electron chi connectivity index (χ3n) is 5.05. The Morgan fingerprint density at radius 2 is 1.94 bits per heavy atom. The molecule has 3 amide bonds. The predicted molar refractivity (Wildman–Crippen MR) is 118 cm³/mol. The van der Waals surface area contributed by atoms with Crippen LogP contribution in [0.5, 0.6) is 0 Å². The van der Waals surface area contributed by atoms with Gasteiger partial charge in [0.2, 0.25) is 17.8 Å². The molecule has 1 saturated heterocycles. The summed E-state index contributed by atoms with van der Waals surface area (Å²) >= 11 is 11.8. The number of hydrogen-bond acceptors (Lipinski definition) is 5. The van der Waals surface area contributed by atoms with Gasteiger partial charge in [-0.3, -0.25) is 14.4 Å². The molecule has 3 rings (SSSR count). The van der Waals surface area contributed by atoms with Crippen molar-refractivity contribution in [1.29, 1.82) is 0 Å². The molecular formula is C21H20Cl2FN5O3. The summed E-state index contributed by atoms with van der Waals surface area (Å²) in [5.41, 5.74) is 2.23. The molecule has 8 nitrogen and oxygen atoms in total. The van der Waals surface area contributed by atoms with Crippen LogP contribution in [0.4, 0.5) is 4.39 Å². The van der Waals surface area contributed by atoms with Crippen molar-refractivity contribution in [3.63, 3.8) is 0 Å².